The molecule has 2 aliphatic heterocycles. The lowest BCUT2D eigenvalue weighted by molar-refractivity contribution is -0.944. The van der Waals surface area contributed by atoms with Gasteiger partial charge in [-0.15, -0.1) is 0 Å². The highest BCUT2D eigenvalue weighted by atomic mass is 19.1. The number of furan rings is 1. The number of aromatic nitrogens is 1. The molecular weight excluding hydrogens is 385 g/mol. The molecule has 156 valence electrons. The van der Waals surface area contributed by atoms with Crippen LogP contribution >= 0.6 is 0 Å². The molecule has 4 heterocycles. The second-order valence-electron chi connectivity index (χ2n) is 7.87. The molecule has 1 saturated heterocycles. The number of nitrogens with zero attached hydrogens (tertiary/aromatic N) is 2. The van der Waals surface area contributed by atoms with Crippen molar-refractivity contribution in [3.8, 4) is 0 Å². The first-order valence-corrected chi connectivity index (χ1v) is 10.4. The fourth-order valence-electron chi connectivity index (χ4n) is 4.50. The predicted molar refractivity (Wildman–Crippen MR) is 108 cm³/mol. The van der Waals surface area contributed by atoms with Crippen molar-refractivity contribution >= 4 is 5.91 Å². The molecule has 1 aromatic carbocycles. The van der Waals surface area contributed by atoms with E-state index in [9.17, 15) is 9.18 Å². The van der Waals surface area contributed by atoms with Gasteiger partial charge in [0, 0.05) is 24.8 Å². The molecule has 0 aliphatic carbocycles. The molecular formula is C23H25FN3O3+. The monoisotopic (exact) mass is 410 g/mol. The molecule has 0 radical (unpaired) electrons. The third-order valence-corrected chi connectivity index (χ3v) is 6.02. The summed E-state index contributed by atoms with van der Waals surface area (Å²) in [7, 11) is 0. The van der Waals surface area contributed by atoms with E-state index in [1.165, 1.54) is 22.7 Å². The standard InChI is InChI=1S/C23H24FN3O3/c24-18-5-3-17(4-6-18)22-20-2-1-9-25(20)10-11-27(22)16-19-7-8-21(30-19)23(28)26-12-14-29-15-13-26/h1-9,22H,10-16H2/p+1/t22-/m0/s1. The molecule has 30 heavy (non-hydrogen) atoms. The van der Waals surface area contributed by atoms with Crippen LogP contribution in [0, 0.1) is 5.82 Å². The van der Waals surface area contributed by atoms with Gasteiger partial charge in [-0.25, -0.2) is 4.39 Å². The van der Waals surface area contributed by atoms with Gasteiger partial charge in [0.25, 0.3) is 5.91 Å². The summed E-state index contributed by atoms with van der Waals surface area (Å²) in [4.78, 5) is 15.8. The van der Waals surface area contributed by atoms with Gasteiger partial charge in [0.2, 0.25) is 0 Å². The summed E-state index contributed by atoms with van der Waals surface area (Å²) in [6.45, 7) is 4.80. The largest absolute Gasteiger partial charge is 0.450 e. The number of carbonyl (C=O) groups is 1. The second kappa shape index (κ2) is 8.08. The molecule has 1 unspecified atom stereocenters. The van der Waals surface area contributed by atoms with Crippen molar-refractivity contribution < 1.29 is 23.2 Å². The Kier molecular flexibility index (Phi) is 5.14. The number of rotatable bonds is 4. The molecule has 7 heteroatoms. The zero-order chi connectivity index (χ0) is 20.5. The van der Waals surface area contributed by atoms with Crippen molar-refractivity contribution in [2.75, 3.05) is 32.8 Å². The highest BCUT2D eigenvalue weighted by Crippen LogP contribution is 2.23. The summed E-state index contributed by atoms with van der Waals surface area (Å²) < 4.78 is 27.0. The number of ether oxygens (including phenoxy) is 1. The number of quaternary nitrogens is 1. The molecule has 3 aromatic rings. The van der Waals surface area contributed by atoms with Crippen LogP contribution in [0.5, 0.6) is 0 Å². The van der Waals surface area contributed by atoms with Crippen LogP contribution in [-0.2, 0) is 17.8 Å². The highest BCUT2D eigenvalue weighted by molar-refractivity contribution is 5.91. The summed E-state index contributed by atoms with van der Waals surface area (Å²) in [5, 5.41) is 0. The molecule has 1 N–H and O–H groups in total. The molecule has 1 fully saturated rings. The van der Waals surface area contributed by atoms with Gasteiger partial charge >= 0.3 is 0 Å². The smallest absolute Gasteiger partial charge is 0.289 e. The summed E-state index contributed by atoms with van der Waals surface area (Å²) in [6, 6.07) is 14.7. The zero-order valence-electron chi connectivity index (χ0n) is 16.7. The van der Waals surface area contributed by atoms with Gasteiger partial charge < -0.3 is 23.5 Å². The van der Waals surface area contributed by atoms with E-state index in [0.717, 1.165) is 24.4 Å². The van der Waals surface area contributed by atoms with Crippen molar-refractivity contribution in [1.29, 1.82) is 0 Å². The molecule has 2 atom stereocenters. The number of nitrogens with one attached hydrogen (secondary N) is 1. The third kappa shape index (κ3) is 3.66. The van der Waals surface area contributed by atoms with E-state index >= 15 is 0 Å². The fourth-order valence-corrected chi connectivity index (χ4v) is 4.50. The Hall–Kier alpha value is -2.90. The topological polar surface area (TPSA) is 52.0 Å². The van der Waals surface area contributed by atoms with Crippen molar-refractivity contribution in [3.63, 3.8) is 0 Å². The van der Waals surface area contributed by atoms with Crippen LogP contribution in [0.2, 0.25) is 0 Å². The van der Waals surface area contributed by atoms with Gasteiger partial charge in [0.05, 0.1) is 32.0 Å². The lowest BCUT2D eigenvalue weighted by Gasteiger charge is -2.33. The van der Waals surface area contributed by atoms with E-state index in [0.29, 0.717) is 38.6 Å². The Labute approximate surface area is 174 Å². The molecule has 5 rings (SSSR count). The van der Waals surface area contributed by atoms with E-state index in [-0.39, 0.29) is 17.8 Å². The van der Waals surface area contributed by atoms with E-state index in [2.05, 4.69) is 22.9 Å². The first-order chi connectivity index (χ1) is 14.7. The van der Waals surface area contributed by atoms with Crippen LogP contribution in [0.15, 0.2) is 59.1 Å². The van der Waals surface area contributed by atoms with Crippen LogP contribution in [0.4, 0.5) is 4.39 Å². The lowest BCUT2D eigenvalue weighted by atomic mass is 9.99. The molecule has 0 saturated carbocycles. The van der Waals surface area contributed by atoms with E-state index in [4.69, 9.17) is 9.15 Å². The average molecular weight is 410 g/mol. The number of morpholine rings is 1. The van der Waals surface area contributed by atoms with Crippen molar-refractivity contribution in [3.05, 3.63) is 83.3 Å². The molecule has 2 aromatic heterocycles. The predicted octanol–water partition coefficient (Wildman–Crippen LogP) is 1.88. The van der Waals surface area contributed by atoms with Crippen molar-refractivity contribution in [2.45, 2.75) is 19.1 Å². The highest BCUT2D eigenvalue weighted by Gasteiger charge is 2.33. The quantitative estimate of drug-likeness (QED) is 0.715. The van der Waals surface area contributed by atoms with E-state index in [1.54, 1.807) is 11.0 Å². The molecule has 2 aliphatic rings. The lowest BCUT2D eigenvalue weighted by Crippen LogP contribution is -3.12. The van der Waals surface area contributed by atoms with Crippen molar-refractivity contribution in [2.24, 2.45) is 0 Å². The first-order valence-electron chi connectivity index (χ1n) is 10.4. The average Bonchev–Trinajstić information content (AvgIpc) is 3.44. The molecule has 1 amide bonds. The molecule has 6 nitrogen and oxygen atoms in total. The minimum absolute atomic E-state index is 0.0813. The summed E-state index contributed by atoms with van der Waals surface area (Å²) in [6.07, 6.45) is 2.09. The van der Waals surface area contributed by atoms with Gasteiger partial charge in [0.15, 0.2) is 17.6 Å². The van der Waals surface area contributed by atoms with Crippen LogP contribution < -0.4 is 4.90 Å². The van der Waals surface area contributed by atoms with E-state index < -0.39 is 0 Å². The van der Waals surface area contributed by atoms with Gasteiger partial charge in [0.1, 0.15) is 12.4 Å². The second-order valence-corrected chi connectivity index (χ2v) is 7.87. The van der Waals surface area contributed by atoms with Crippen LogP contribution in [0.25, 0.3) is 0 Å². The minimum atomic E-state index is -0.233. The number of hydrogen-bond acceptors (Lipinski definition) is 3. The Morgan fingerprint density at radius 3 is 2.67 bits per heavy atom. The van der Waals surface area contributed by atoms with Gasteiger partial charge in [-0.05, 0) is 48.5 Å². The first kappa shape index (κ1) is 19.1. The number of amides is 1. The third-order valence-electron chi connectivity index (χ3n) is 6.02. The van der Waals surface area contributed by atoms with Gasteiger partial charge in [-0.2, -0.15) is 0 Å². The Morgan fingerprint density at radius 1 is 1.07 bits per heavy atom. The number of fused-ring (bicyclic) bond motifs is 1. The maximum atomic E-state index is 13.5. The maximum absolute atomic E-state index is 13.5. The Balaban J connectivity index is 1.38. The van der Waals surface area contributed by atoms with Crippen LogP contribution in [-0.4, -0.2) is 48.2 Å². The Morgan fingerprint density at radius 2 is 1.87 bits per heavy atom. The summed E-state index contributed by atoms with van der Waals surface area (Å²) in [5.41, 5.74) is 2.28. The van der Waals surface area contributed by atoms with Crippen LogP contribution in [0.1, 0.15) is 33.6 Å². The summed E-state index contributed by atoms with van der Waals surface area (Å²) in [5.74, 6) is 0.852. The summed E-state index contributed by atoms with van der Waals surface area (Å²) >= 11 is 0. The van der Waals surface area contributed by atoms with Crippen molar-refractivity contribution in [1.82, 2.24) is 9.47 Å². The number of halogens is 1. The number of carbonyl (C=O) groups excluding carboxylic acids is 1. The van der Waals surface area contributed by atoms with Gasteiger partial charge in [-0.1, -0.05) is 0 Å². The minimum Gasteiger partial charge on any atom is -0.450 e. The van der Waals surface area contributed by atoms with Crippen LogP contribution in [0.3, 0.4) is 0 Å². The molecule has 0 spiro atoms. The SMILES string of the molecule is O=C(c1ccc(C[NH+]2CCn3cccc3[C@@H]2c2ccc(F)cc2)o1)N1CCOCC1. The number of benzene rings is 1. The normalized spacial score (nSPS) is 21.4. The van der Waals surface area contributed by atoms with E-state index in [1.807, 2.05) is 18.2 Å². The maximum Gasteiger partial charge on any atom is 0.289 e. The fraction of sp³-hybridized carbons (Fsp3) is 0.348. The number of hydrogen-bond donors (Lipinski definition) is 1. The van der Waals surface area contributed by atoms with Gasteiger partial charge in [-0.3, -0.25) is 4.79 Å². The zero-order valence-corrected chi connectivity index (χ0v) is 16.7. The molecule has 0 bridgehead atoms. The Bertz CT molecular complexity index is 1020.